The van der Waals surface area contributed by atoms with E-state index in [1.165, 1.54) is 12.1 Å². The van der Waals surface area contributed by atoms with Gasteiger partial charge in [0.2, 0.25) is 29.9 Å². The number of hydrogen-bond donors (Lipinski definition) is 0. The number of fused-ring (bicyclic) bond motifs is 1. The van der Waals surface area contributed by atoms with Gasteiger partial charge in [-0.2, -0.15) is 0 Å². The fraction of sp³-hybridized carbons (Fsp3) is 0.0909. The van der Waals surface area contributed by atoms with Gasteiger partial charge in [-0.25, -0.2) is 0 Å². The Balaban J connectivity index is 2.25. The predicted molar refractivity (Wildman–Crippen MR) is 54.2 cm³/mol. The van der Waals surface area contributed by atoms with E-state index in [1.54, 1.807) is 6.07 Å². The molecule has 4 nitrogen and oxygen atoms in total. The number of ether oxygens (including phenoxy) is 2. The van der Waals surface area contributed by atoms with Gasteiger partial charge in [-0.1, -0.05) is 11.6 Å². The Morgan fingerprint density at radius 2 is 1.62 bits per heavy atom. The van der Waals surface area contributed by atoms with Crippen molar-refractivity contribution < 1.29 is 19.1 Å². The fourth-order valence-electron chi connectivity index (χ4n) is 1.76. The van der Waals surface area contributed by atoms with E-state index in [9.17, 15) is 9.59 Å². The van der Waals surface area contributed by atoms with E-state index in [-0.39, 0.29) is 35.4 Å². The smallest absolute Gasteiger partial charge is 0.232 e. The number of carbonyl (C=O) groups is 2. The zero-order valence-corrected chi connectivity index (χ0v) is 8.71. The minimum absolute atomic E-state index is 0.000164. The van der Waals surface area contributed by atoms with Gasteiger partial charge in [0.1, 0.15) is 0 Å². The molecule has 0 saturated carbocycles. The summed E-state index contributed by atoms with van der Waals surface area (Å²) in [5.74, 6) is -0.706. The maximum Gasteiger partial charge on any atom is 0.232 e. The quantitative estimate of drug-likeness (QED) is 0.691. The highest BCUT2D eigenvalue weighted by atomic mass is 35.5. The lowest BCUT2D eigenvalue weighted by atomic mass is 9.92. The summed E-state index contributed by atoms with van der Waals surface area (Å²) in [7, 11) is 0. The Hall–Kier alpha value is -1.81. The van der Waals surface area contributed by atoms with Crippen molar-refractivity contribution >= 4 is 23.2 Å². The lowest BCUT2D eigenvalue weighted by molar-refractivity contribution is 0.0601. The molecule has 2 aliphatic rings. The van der Waals surface area contributed by atoms with E-state index < -0.39 is 0 Å². The van der Waals surface area contributed by atoms with Crippen molar-refractivity contribution in [1.29, 1.82) is 0 Å². The first-order valence-corrected chi connectivity index (χ1v) is 4.95. The summed E-state index contributed by atoms with van der Waals surface area (Å²) in [4.78, 5) is 23.8. The molecular weight excluding hydrogens is 232 g/mol. The molecule has 1 aromatic rings. The first kappa shape index (κ1) is 9.42. The van der Waals surface area contributed by atoms with Crippen molar-refractivity contribution in [3.63, 3.8) is 0 Å². The van der Waals surface area contributed by atoms with Crippen LogP contribution in [0.15, 0.2) is 29.7 Å². The third-order valence-corrected chi connectivity index (χ3v) is 2.73. The second-order valence-corrected chi connectivity index (χ2v) is 3.85. The summed E-state index contributed by atoms with van der Waals surface area (Å²) in [5.41, 5.74) is 0.570. The SMILES string of the molecule is O=C1C2=C(OCO2)C(=O)c2cc(Cl)ccc21. The van der Waals surface area contributed by atoms with Gasteiger partial charge >= 0.3 is 0 Å². The molecule has 1 heterocycles. The average molecular weight is 237 g/mol. The lowest BCUT2D eigenvalue weighted by Gasteiger charge is -2.13. The van der Waals surface area contributed by atoms with Gasteiger partial charge in [0.15, 0.2) is 0 Å². The number of carbonyl (C=O) groups excluding carboxylic acids is 2. The van der Waals surface area contributed by atoms with Gasteiger partial charge in [-0.3, -0.25) is 9.59 Å². The zero-order chi connectivity index (χ0) is 11.3. The molecule has 16 heavy (non-hydrogen) atoms. The van der Waals surface area contributed by atoms with Gasteiger partial charge in [0, 0.05) is 16.1 Å². The van der Waals surface area contributed by atoms with Crippen molar-refractivity contribution in [3.8, 4) is 0 Å². The lowest BCUT2D eigenvalue weighted by Crippen LogP contribution is -2.20. The first-order chi connectivity index (χ1) is 7.68. The monoisotopic (exact) mass is 236 g/mol. The number of benzene rings is 1. The van der Waals surface area contributed by atoms with Gasteiger partial charge in [-0.15, -0.1) is 0 Å². The van der Waals surface area contributed by atoms with Crippen molar-refractivity contribution in [2.24, 2.45) is 0 Å². The highest BCUT2D eigenvalue weighted by Gasteiger charge is 2.38. The summed E-state index contributed by atoms with van der Waals surface area (Å²) >= 11 is 5.78. The largest absolute Gasteiger partial charge is 0.449 e. The van der Waals surface area contributed by atoms with Gasteiger partial charge < -0.3 is 9.47 Å². The van der Waals surface area contributed by atoms with Crippen LogP contribution in [0, 0.1) is 0 Å². The second kappa shape index (κ2) is 3.09. The molecule has 0 bridgehead atoms. The van der Waals surface area contributed by atoms with Crippen LogP contribution in [-0.4, -0.2) is 18.4 Å². The van der Waals surface area contributed by atoms with E-state index in [1.807, 2.05) is 0 Å². The number of hydrogen-bond acceptors (Lipinski definition) is 4. The maximum absolute atomic E-state index is 11.9. The van der Waals surface area contributed by atoms with Crippen LogP contribution in [0.1, 0.15) is 20.7 Å². The molecule has 0 amide bonds. The maximum atomic E-state index is 11.9. The van der Waals surface area contributed by atoms with Crippen LogP contribution in [-0.2, 0) is 9.47 Å². The number of rotatable bonds is 0. The molecule has 0 atom stereocenters. The number of ketones is 2. The van der Waals surface area contributed by atoms with E-state index in [2.05, 4.69) is 0 Å². The summed E-state index contributed by atoms with van der Waals surface area (Å²) in [6.45, 7) is -0.0934. The normalized spacial score (nSPS) is 17.8. The minimum atomic E-state index is -0.357. The topological polar surface area (TPSA) is 52.6 Å². The third-order valence-electron chi connectivity index (χ3n) is 2.50. The Kier molecular flexibility index (Phi) is 1.82. The second-order valence-electron chi connectivity index (χ2n) is 3.41. The van der Waals surface area contributed by atoms with Crippen LogP contribution in [0.25, 0.3) is 0 Å². The van der Waals surface area contributed by atoms with E-state index in [4.69, 9.17) is 21.1 Å². The van der Waals surface area contributed by atoms with E-state index >= 15 is 0 Å². The third kappa shape index (κ3) is 1.10. The molecule has 1 aliphatic carbocycles. The zero-order valence-electron chi connectivity index (χ0n) is 7.95. The molecule has 0 radical (unpaired) electrons. The van der Waals surface area contributed by atoms with Crippen molar-refractivity contribution in [3.05, 3.63) is 45.9 Å². The molecule has 0 unspecified atom stereocenters. The van der Waals surface area contributed by atoms with E-state index in [0.717, 1.165) is 0 Å². The molecule has 0 N–H and O–H groups in total. The van der Waals surface area contributed by atoms with Gasteiger partial charge in [0.25, 0.3) is 0 Å². The van der Waals surface area contributed by atoms with Crippen LogP contribution < -0.4 is 0 Å². The standard InChI is InChI=1S/C11H5ClO4/c12-5-1-2-6-7(3-5)9(14)11-10(8(6)13)15-4-16-11/h1-3H,4H2. The van der Waals surface area contributed by atoms with Crippen LogP contribution in [0.5, 0.6) is 0 Å². The highest BCUT2D eigenvalue weighted by Crippen LogP contribution is 2.32. The van der Waals surface area contributed by atoms with Gasteiger partial charge in [-0.05, 0) is 18.2 Å². The van der Waals surface area contributed by atoms with Crippen molar-refractivity contribution in [1.82, 2.24) is 0 Å². The Bertz CT molecular complexity index is 559. The van der Waals surface area contributed by atoms with Crippen LogP contribution in [0.4, 0.5) is 0 Å². The molecule has 5 heteroatoms. The molecule has 1 aliphatic heterocycles. The summed E-state index contributed by atoms with van der Waals surface area (Å²) in [5, 5.41) is 0.405. The summed E-state index contributed by atoms with van der Waals surface area (Å²) in [6.07, 6.45) is 0. The average Bonchev–Trinajstić information content (AvgIpc) is 2.75. The fourth-order valence-corrected chi connectivity index (χ4v) is 1.93. The summed E-state index contributed by atoms with van der Waals surface area (Å²) < 4.78 is 9.96. The number of halogens is 1. The number of allylic oxidation sites excluding steroid dienone is 2. The van der Waals surface area contributed by atoms with Crippen LogP contribution in [0.2, 0.25) is 5.02 Å². The minimum Gasteiger partial charge on any atom is -0.449 e. The summed E-state index contributed by atoms with van der Waals surface area (Å²) in [6, 6.07) is 4.54. The molecular formula is C11H5ClO4. The molecule has 1 aromatic carbocycles. The molecule has 0 saturated heterocycles. The van der Waals surface area contributed by atoms with E-state index in [0.29, 0.717) is 10.6 Å². The van der Waals surface area contributed by atoms with Crippen molar-refractivity contribution in [2.45, 2.75) is 0 Å². The molecule has 3 rings (SSSR count). The molecule has 0 spiro atoms. The molecule has 80 valence electrons. The highest BCUT2D eigenvalue weighted by molar-refractivity contribution is 6.32. The molecule has 0 fully saturated rings. The molecule has 0 aromatic heterocycles. The van der Waals surface area contributed by atoms with Crippen molar-refractivity contribution in [2.75, 3.05) is 6.79 Å². The Labute approximate surface area is 95.4 Å². The predicted octanol–water partition coefficient (Wildman–Crippen LogP) is 1.93. The van der Waals surface area contributed by atoms with Crippen LogP contribution >= 0.6 is 11.6 Å². The first-order valence-electron chi connectivity index (χ1n) is 4.57. The Morgan fingerprint density at radius 3 is 2.31 bits per heavy atom. The van der Waals surface area contributed by atoms with Crippen LogP contribution in [0.3, 0.4) is 0 Å². The Morgan fingerprint density at radius 1 is 1.00 bits per heavy atom. The number of Topliss-reactive ketones (excluding diaryl/α,β-unsaturated/α-hetero) is 2. The van der Waals surface area contributed by atoms with Gasteiger partial charge in [0.05, 0.1) is 0 Å².